The van der Waals surface area contributed by atoms with Gasteiger partial charge in [0.05, 0.1) is 6.33 Å². The molecule has 13 nitrogen and oxygen atoms in total. The lowest BCUT2D eigenvalue weighted by atomic mass is 9.43. The minimum Gasteiger partial charge on any atom is -0.462 e. The van der Waals surface area contributed by atoms with Gasteiger partial charge in [0.1, 0.15) is 24.9 Å². The van der Waals surface area contributed by atoms with Crippen molar-refractivity contribution in [1.29, 1.82) is 0 Å². The molecule has 4 unspecified atom stereocenters. The summed E-state index contributed by atoms with van der Waals surface area (Å²) in [5.74, 6) is -1.30. The number of hydrogen-bond acceptors (Lipinski definition) is 11. The summed E-state index contributed by atoms with van der Waals surface area (Å²) in [7, 11) is -4.57. The van der Waals surface area contributed by atoms with Crippen LogP contribution in [0.2, 0.25) is 5.28 Å². The molecule has 0 amide bonds. The molecule has 4 aliphatic carbocycles. The molecule has 5 fully saturated rings. The molecule has 4 saturated carbocycles. The fraction of sp³-hybridized carbons (Fsp3) is 0.750. The first-order valence-corrected chi connectivity index (χ1v) is 15.0. The highest BCUT2D eigenvalue weighted by Crippen LogP contribution is 2.66. The topological polar surface area (TPSA) is 186 Å². The Kier molecular flexibility index (Phi) is 6.22. The number of nitrogens with zero attached hydrogens (tertiary/aromatic N) is 4. The second kappa shape index (κ2) is 8.95. The van der Waals surface area contributed by atoms with Crippen LogP contribution in [0.1, 0.15) is 58.6 Å². The predicted octanol–water partition coefficient (Wildman–Crippen LogP) is 1.69. The van der Waals surface area contributed by atoms with Crippen molar-refractivity contribution in [3.05, 3.63) is 11.6 Å². The van der Waals surface area contributed by atoms with E-state index in [1.54, 1.807) is 0 Å². The Balaban J connectivity index is 1.25. The lowest BCUT2D eigenvalue weighted by molar-refractivity contribution is -0.147. The maximum atomic E-state index is 11.7. The Hall–Kier alpha value is -2.10. The predicted molar refractivity (Wildman–Crippen MR) is 137 cm³/mol. The number of anilines is 1. The quantitative estimate of drug-likeness (QED) is 0.209. The van der Waals surface area contributed by atoms with E-state index in [0.717, 1.165) is 19.3 Å². The number of fused-ring (bicyclic) bond motifs is 1. The number of nitrogens with one attached hydrogen (secondary N) is 1. The molecule has 7 rings (SSSR count). The number of ether oxygens (including phenoxy) is 2. The summed E-state index contributed by atoms with van der Waals surface area (Å²) in [5, 5.41) is 24.9. The zero-order valence-corrected chi connectivity index (χ0v) is 23.2. The summed E-state index contributed by atoms with van der Waals surface area (Å²) < 4.78 is 42.5. The van der Waals surface area contributed by atoms with Gasteiger partial charge in [-0.3, -0.25) is 13.9 Å². The second-order valence-corrected chi connectivity index (χ2v) is 14.4. The minimum atomic E-state index is -4.57. The number of carbonyl (C=O) groups is 1. The second-order valence-electron chi connectivity index (χ2n) is 12.7. The molecule has 15 heteroatoms. The molecular weight excluding hydrogens is 554 g/mol. The van der Waals surface area contributed by atoms with Crippen LogP contribution < -0.4 is 5.32 Å². The van der Waals surface area contributed by atoms with Crippen molar-refractivity contribution in [2.75, 3.05) is 17.7 Å². The summed E-state index contributed by atoms with van der Waals surface area (Å²) >= 11 is 6.35. The molecule has 39 heavy (non-hydrogen) atoms. The average molecular weight is 586 g/mol. The summed E-state index contributed by atoms with van der Waals surface area (Å²) in [4.78, 5) is 25.0. The first-order chi connectivity index (χ1) is 18.2. The van der Waals surface area contributed by atoms with Crippen molar-refractivity contribution in [3.63, 3.8) is 0 Å². The van der Waals surface area contributed by atoms with Gasteiger partial charge in [-0.05, 0) is 66.9 Å². The molecule has 0 radical (unpaired) electrons. The van der Waals surface area contributed by atoms with Gasteiger partial charge in [-0.15, -0.1) is 0 Å². The lowest BCUT2D eigenvalue weighted by Crippen LogP contribution is -2.61. The fourth-order valence-corrected chi connectivity index (χ4v) is 9.01. The molecule has 4 bridgehead atoms. The van der Waals surface area contributed by atoms with E-state index < -0.39 is 53.0 Å². The number of carbonyl (C=O) groups excluding carboxylic acids is 1. The number of aliphatic hydroxyl groups excluding tert-OH is 2. The summed E-state index contributed by atoms with van der Waals surface area (Å²) in [6.45, 7) is 4.22. The normalized spacial score (nSPS) is 39.4. The van der Waals surface area contributed by atoms with Gasteiger partial charge in [-0.25, -0.2) is 4.98 Å². The maximum Gasteiger partial charge on any atom is 0.323 e. The van der Waals surface area contributed by atoms with E-state index in [4.69, 9.17) is 25.6 Å². The molecule has 0 spiro atoms. The Morgan fingerprint density at radius 3 is 2.51 bits per heavy atom. The Labute approximate surface area is 230 Å². The van der Waals surface area contributed by atoms with Crippen LogP contribution >= 0.6 is 11.6 Å². The van der Waals surface area contributed by atoms with E-state index in [9.17, 15) is 23.4 Å². The maximum absolute atomic E-state index is 11.7. The molecule has 1 saturated heterocycles. The average Bonchev–Trinajstić information content (AvgIpc) is 3.29. The minimum absolute atomic E-state index is 0.0161. The van der Waals surface area contributed by atoms with E-state index in [1.807, 2.05) is 0 Å². The highest BCUT2D eigenvalue weighted by molar-refractivity contribution is 7.86. The van der Waals surface area contributed by atoms with Gasteiger partial charge in [-0.1, -0.05) is 13.8 Å². The molecule has 0 aromatic carbocycles. The number of halogens is 1. The third-order valence-corrected chi connectivity index (χ3v) is 9.49. The smallest absolute Gasteiger partial charge is 0.323 e. The van der Waals surface area contributed by atoms with Gasteiger partial charge < -0.3 is 25.0 Å². The van der Waals surface area contributed by atoms with Crippen molar-refractivity contribution >= 4 is 44.7 Å². The van der Waals surface area contributed by atoms with Crippen molar-refractivity contribution in [1.82, 2.24) is 19.5 Å². The largest absolute Gasteiger partial charge is 0.462 e. The number of aliphatic hydroxyl groups is 2. The molecule has 2 aromatic rings. The van der Waals surface area contributed by atoms with Gasteiger partial charge in [0, 0.05) is 5.54 Å². The van der Waals surface area contributed by atoms with E-state index >= 15 is 0 Å². The van der Waals surface area contributed by atoms with Crippen LogP contribution in [0.15, 0.2) is 6.33 Å². The van der Waals surface area contributed by atoms with Crippen LogP contribution in [0.3, 0.4) is 0 Å². The fourth-order valence-electron chi connectivity index (χ4n) is 8.46. The van der Waals surface area contributed by atoms with Crippen LogP contribution in [0.25, 0.3) is 11.2 Å². The van der Waals surface area contributed by atoms with E-state index in [2.05, 4.69) is 34.1 Å². The lowest BCUT2D eigenvalue weighted by Gasteiger charge is -2.65. The molecule has 8 atom stereocenters. The van der Waals surface area contributed by atoms with Crippen LogP contribution in [-0.2, 0) is 24.4 Å². The Morgan fingerprint density at radius 2 is 1.87 bits per heavy atom. The monoisotopic (exact) mass is 585 g/mol. The highest BCUT2D eigenvalue weighted by Gasteiger charge is 2.60. The van der Waals surface area contributed by atoms with Crippen LogP contribution in [0.4, 0.5) is 5.82 Å². The van der Waals surface area contributed by atoms with Gasteiger partial charge >= 0.3 is 5.97 Å². The molecular formula is C24H32ClN5O8S. The molecule has 3 heterocycles. The van der Waals surface area contributed by atoms with E-state index in [0.29, 0.717) is 22.9 Å². The highest BCUT2D eigenvalue weighted by atomic mass is 35.5. The molecule has 4 N–H and O–H groups in total. The van der Waals surface area contributed by atoms with Crippen LogP contribution in [0.5, 0.6) is 0 Å². The third-order valence-electron chi connectivity index (χ3n) is 8.72. The van der Waals surface area contributed by atoms with Gasteiger partial charge in [0.2, 0.25) is 5.28 Å². The van der Waals surface area contributed by atoms with E-state index in [1.165, 1.54) is 30.2 Å². The summed E-state index contributed by atoms with van der Waals surface area (Å²) in [6.07, 6.45) is 3.01. The first-order valence-electron chi connectivity index (χ1n) is 13.0. The molecule has 2 aromatic heterocycles. The van der Waals surface area contributed by atoms with Crippen molar-refractivity contribution in [2.24, 2.45) is 16.7 Å². The van der Waals surface area contributed by atoms with Crippen LogP contribution in [-0.4, -0.2) is 84.9 Å². The SMILES string of the molecule is C[C@]12CC3CC(Nc4nc(Cl)nc5c4ncn5[C@@H]4O[C@H](COC(=O)CS(=O)(=O)O)C(O)C4O)(C1)C[C@@](C)(C3)C2. The first kappa shape index (κ1) is 27.1. The number of esters is 1. The number of hydrogen-bond donors (Lipinski definition) is 4. The summed E-state index contributed by atoms with van der Waals surface area (Å²) in [5.41, 5.74) is 1.15. The number of rotatable bonds is 7. The third kappa shape index (κ3) is 4.99. The standard InChI is InChI=1S/C24H32ClN5O8S/c1-22-3-12-4-23(2,8-22)10-24(5-12,9-22)29-18-15-19(28-21(25)27-18)30(11-26-15)20-17(33)16(32)13(38-20)6-37-14(31)7-39(34,35)36/h11-13,16-17,20,32-33H,3-10H2,1-2H3,(H,27,28,29)(H,34,35,36)/t12?,13-,16?,17?,20-,22-,23+,24?/m1/s1. The number of imidazole rings is 1. The van der Waals surface area contributed by atoms with Crippen molar-refractivity contribution in [2.45, 2.75) is 82.5 Å². The Bertz CT molecular complexity index is 1420. The Morgan fingerprint density at radius 1 is 1.18 bits per heavy atom. The van der Waals surface area contributed by atoms with Crippen molar-refractivity contribution < 1.29 is 37.5 Å². The molecule has 214 valence electrons. The van der Waals surface area contributed by atoms with Gasteiger partial charge in [0.25, 0.3) is 10.1 Å². The number of aromatic nitrogens is 4. The zero-order chi connectivity index (χ0) is 28.0. The van der Waals surface area contributed by atoms with Crippen LogP contribution in [0, 0.1) is 16.7 Å². The van der Waals surface area contributed by atoms with Gasteiger partial charge in [-0.2, -0.15) is 18.4 Å². The molecule has 5 aliphatic rings. The summed E-state index contributed by atoms with van der Waals surface area (Å²) in [6, 6.07) is 0. The van der Waals surface area contributed by atoms with Crippen molar-refractivity contribution in [3.8, 4) is 0 Å². The van der Waals surface area contributed by atoms with E-state index in [-0.39, 0.29) is 21.7 Å². The zero-order valence-electron chi connectivity index (χ0n) is 21.6. The molecule has 1 aliphatic heterocycles. The van der Waals surface area contributed by atoms with Gasteiger partial charge in [0.15, 0.2) is 29.0 Å².